The van der Waals surface area contributed by atoms with Gasteiger partial charge in [-0.15, -0.1) is 0 Å². The highest BCUT2D eigenvalue weighted by Crippen LogP contribution is 2.14. The van der Waals surface area contributed by atoms with Crippen molar-refractivity contribution in [2.24, 2.45) is 5.92 Å². The zero-order valence-corrected chi connectivity index (χ0v) is 9.39. The van der Waals surface area contributed by atoms with Crippen LogP contribution >= 0.6 is 0 Å². The van der Waals surface area contributed by atoms with E-state index in [4.69, 9.17) is 0 Å². The van der Waals surface area contributed by atoms with Gasteiger partial charge in [0.05, 0.1) is 0 Å². The second kappa shape index (κ2) is 5.70. The van der Waals surface area contributed by atoms with Gasteiger partial charge in [-0.3, -0.25) is 4.79 Å². The Morgan fingerprint density at radius 1 is 1.38 bits per heavy atom. The lowest BCUT2D eigenvalue weighted by Crippen LogP contribution is -2.25. The zero-order valence-electron chi connectivity index (χ0n) is 9.39. The van der Waals surface area contributed by atoms with Gasteiger partial charge in [-0.05, 0) is 19.2 Å². The molecule has 0 aromatic heterocycles. The smallest absolute Gasteiger partial charge is 0.141 e. The third kappa shape index (κ3) is 3.10. The van der Waals surface area contributed by atoms with Gasteiger partial charge in [0.2, 0.25) is 0 Å². The third-order valence-corrected chi connectivity index (χ3v) is 2.47. The average Bonchev–Trinajstić information content (AvgIpc) is 2.23. The van der Waals surface area contributed by atoms with Crippen LogP contribution in [0.25, 0.3) is 0 Å². The van der Waals surface area contributed by atoms with E-state index in [1.54, 1.807) is 14.0 Å². The van der Waals surface area contributed by atoms with Gasteiger partial charge in [-0.2, -0.15) is 0 Å². The Morgan fingerprint density at radius 2 is 1.94 bits per heavy atom. The Kier molecular flexibility index (Phi) is 4.55. The van der Waals surface area contributed by atoms with Crippen molar-refractivity contribution in [3.8, 4) is 0 Å². The number of Topliss-reactive ketones (excluding diaryl/α,β-unsaturated/α-hetero) is 1. The maximum absolute atomic E-state index is 13.3. The summed E-state index contributed by atoms with van der Waals surface area (Å²) >= 11 is 0. The Hall–Kier alpha value is -1.29. The fourth-order valence-corrected chi connectivity index (χ4v) is 1.47. The van der Waals surface area contributed by atoms with Crippen LogP contribution in [0, 0.1) is 17.6 Å². The largest absolute Gasteiger partial charge is 0.319 e. The molecule has 0 heterocycles. The second-order valence-corrected chi connectivity index (χ2v) is 3.80. The van der Waals surface area contributed by atoms with Crippen LogP contribution in [-0.2, 0) is 11.2 Å². The van der Waals surface area contributed by atoms with Gasteiger partial charge in [-0.1, -0.05) is 13.0 Å². The quantitative estimate of drug-likeness (QED) is 0.832. The number of nitrogens with one attached hydrogen (secondary N) is 1. The summed E-state index contributed by atoms with van der Waals surface area (Å²) in [6.07, 6.45) is -0.193. The molecular formula is C12H15F2NO. The van der Waals surface area contributed by atoms with E-state index in [9.17, 15) is 13.6 Å². The highest BCUT2D eigenvalue weighted by molar-refractivity contribution is 5.83. The van der Waals surface area contributed by atoms with Crippen molar-refractivity contribution in [2.45, 2.75) is 13.3 Å². The number of carbonyl (C=O) groups is 1. The van der Waals surface area contributed by atoms with Crippen molar-refractivity contribution < 1.29 is 13.6 Å². The summed E-state index contributed by atoms with van der Waals surface area (Å²) in [7, 11) is 1.73. The highest BCUT2D eigenvalue weighted by Gasteiger charge is 2.17. The Morgan fingerprint density at radius 3 is 2.44 bits per heavy atom. The van der Waals surface area contributed by atoms with Crippen molar-refractivity contribution in [3.63, 3.8) is 0 Å². The second-order valence-electron chi connectivity index (χ2n) is 3.80. The number of rotatable bonds is 5. The fraction of sp³-hybridized carbons (Fsp3) is 0.417. The van der Waals surface area contributed by atoms with Crippen molar-refractivity contribution in [2.75, 3.05) is 13.6 Å². The van der Waals surface area contributed by atoms with Crippen LogP contribution in [0.15, 0.2) is 18.2 Å². The summed E-state index contributed by atoms with van der Waals surface area (Å²) < 4.78 is 26.5. The van der Waals surface area contributed by atoms with Gasteiger partial charge >= 0.3 is 0 Å². The monoisotopic (exact) mass is 227 g/mol. The SMILES string of the molecule is CNCC(C)C(=O)Cc1c(F)cccc1F. The molecule has 0 radical (unpaired) electrons. The Bertz CT molecular complexity index is 359. The molecule has 2 nitrogen and oxygen atoms in total. The molecule has 1 N–H and O–H groups in total. The summed E-state index contributed by atoms with van der Waals surface area (Å²) in [4.78, 5) is 11.6. The standard InChI is InChI=1S/C12H15F2NO/c1-8(7-15-2)12(16)6-9-10(13)4-3-5-11(9)14/h3-5,8,15H,6-7H2,1-2H3. The molecule has 1 atom stereocenters. The maximum atomic E-state index is 13.3. The zero-order chi connectivity index (χ0) is 12.1. The van der Waals surface area contributed by atoms with E-state index in [-0.39, 0.29) is 23.7 Å². The predicted molar refractivity (Wildman–Crippen MR) is 58.2 cm³/mol. The van der Waals surface area contributed by atoms with Crippen LogP contribution in [0.3, 0.4) is 0 Å². The van der Waals surface area contributed by atoms with Crippen LogP contribution in [0.2, 0.25) is 0 Å². The molecule has 0 bridgehead atoms. The minimum absolute atomic E-state index is 0.143. The topological polar surface area (TPSA) is 29.1 Å². The van der Waals surface area contributed by atoms with Gasteiger partial charge in [0.1, 0.15) is 17.4 Å². The van der Waals surface area contributed by atoms with Crippen molar-refractivity contribution >= 4 is 5.78 Å². The van der Waals surface area contributed by atoms with Crippen molar-refractivity contribution in [1.29, 1.82) is 0 Å². The first-order chi connectivity index (χ1) is 7.56. The van der Waals surface area contributed by atoms with Crippen LogP contribution in [0.4, 0.5) is 8.78 Å². The van der Waals surface area contributed by atoms with E-state index in [1.165, 1.54) is 6.07 Å². The molecule has 0 saturated carbocycles. The minimum Gasteiger partial charge on any atom is -0.319 e. The molecule has 16 heavy (non-hydrogen) atoms. The van der Waals surface area contributed by atoms with Crippen LogP contribution in [-0.4, -0.2) is 19.4 Å². The molecule has 0 aliphatic rings. The molecule has 0 aliphatic heterocycles. The van der Waals surface area contributed by atoms with Crippen molar-refractivity contribution in [1.82, 2.24) is 5.32 Å². The first-order valence-corrected chi connectivity index (χ1v) is 5.16. The molecule has 1 aromatic carbocycles. The van der Waals surface area contributed by atoms with E-state index in [0.717, 1.165) is 12.1 Å². The molecule has 0 aliphatic carbocycles. The van der Waals surface area contributed by atoms with Gasteiger partial charge in [0.15, 0.2) is 0 Å². The molecule has 0 amide bonds. The molecule has 88 valence electrons. The maximum Gasteiger partial charge on any atom is 0.141 e. The van der Waals surface area contributed by atoms with E-state index >= 15 is 0 Å². The lowest BCUT2D eigenvalue weighted by molar-refractivity contribution is -0.121. The van der Waals surface area contributed by atoms with E-state index in [1.807, 2.05) is 0 Å². The lowest BCUT2D eigenvalue weighted by atomic mass is 9.99. The van der Waals surface area contributed by atoms with Crippen LogP contribution in [0.5, 0.6) is 0 Å². The number of benzene rings is 1. The summed E-state index contributed by atoms with van der Waals surface area (Å²) in [5.74, 6) is -1.74. The molecule has 0 saturated heterocycles. The van der Waals surface area contributed by atoms with Gasteiger partial charge in [0.25, 0.3) is 0 Å². The Labute approximate surface area is 93.7 Å². The number of carbonyl (C=O) groups excluding carboxylic acids is 1. The van der Waals surface area contributed by atoms with Gasteiger partial charge < -0.3 is 5.32 Å². The number of ketones is 1. The fourth-order valence-electron chi connectivity index (χ4n) is 1.47. The van der Waals surface area contributed by atoms with Crippen molar-refractivity contribution in [3.05, 3.63) is 35.4 Å². The first kappa shape index (κ1) is 12.8. The molecule has 1 unspecified atom stereocenters. The molecule has 4 heteroatoms. The van der Waals surface area contributed by atoms with Crippen LogP contribution in [0.1, 0.15) is 12.5 Å². The first-order valence-electron chi connectivity index (χ1n) is 5.16. The van der Waals surface area contributed by atoms with Crippen LogP contribution < -0.4 is 5.32 Å². The summed E-state index contributed by atoms with van der Waals surface area (Å²) in [6.45, 7) is 2.24. The normalized spacial score (nSPS) is 12.5. The van der Waals surface area contributed by atoms with E-state index in [0.29, 0.717) is 6.54 Å². The third-order valence-electron chi connectivity index (χ3n) is 2.47. The van der Waals surface area contributed by atoms with E-state index < -0.39 is 11.6 Å². The Balaban J connectivity index is 2.77. The summed E-state index contributed by atoms with van der Waals surface area (Å²) in [6, 6.07) is 3.61. The average molecular weight is 227 g/mol. The molecule has 1 aromatic rings. The number of hydrogen-bond acceptors (Lipinski definition) is 2. The number of halogens is 2. The van der Waals surface area contributed by atoms with Gasteiger partial charge in [-0.25, -0.2) is 8.78 Å². The molecule has 1 rings (SSSR count). The summed E-state index contributed by atoms with van der Waals surface area (Å²) in [5, 5.41) is 2.86. The minimum atomic E-state index is -0.662. The number of hydrogen-bond donors (Lipinski definition) is 1. The highest BCUT2D eigenvalue weighted by atomic mass is 19.1. The molecule has 0 spiro atoms. The van der Waals surface area contributed by atoms with E-state index in [2.05, 4.69) is 5.32 Å². The summed E-state index contributed by atoms with van der Waals surface area (Å²) in [5.41, 5.74) is -0.143. The van der Waals surface area contributed by atoms with Gasteiger partial charge in [0, 0.05) is 24.4 Å². The molecular weight excluding hydrogens is 212 g/mol. The predicted octanol–water partition coefficient (Wildman–Crippen LogP) is 1.93. The molecule has 0 fully saturated rings. The lowest BCUT2D eigenvalue weighted by Gasteiger charge is -2.10.